The highest BCUT2D eigenvalue weighted by atomic mass is 127. The van der Waals surface area contributed by atoms with Gasteiger partial charge >= 0.3 is 0 Å². The number of halogens is 1. The Labute approximate surface area is 123 Å². The topological polar surface area (TPSA) is 61.0 Å². The number of aromatic nitrogens is 2. The Balaban J connectivity index is 3.36. The molecule has 1 unspecified atom stereocenters. The molecule has 4 nitrogen and oxygen atoms in total. The predicted molar refractivity (Wildman–Crippen MR) is 82.4 cm³/mol. The summed E-state index contributed by atoms with van der Waals surface area (Å²) >= 11 is 2.21. The molecule has 1 atom stereocenters. The van der Waals surface area contributed by atoms with Gasteiger partial charge in [0, 0.05) is 12.5 Å². The molecule has 1 heterocycles. The van der Waals surface area contributed by atoms with E-state index in [1.54, 1.807) is 7.11 Å². The first-order valence-corrected chi connectivity index (χ1v) is 7.12. The zero-order valence-electron chi connectivity index (χ0n) is 11.9. The second-order valence-corrected chi connectivity index (χ2v) is 6.86. The fourth-order valence-electron chi connectivity index (χ4n) is 1.78. The number of methoxy groups -OCH3 is 1. The lowest BCUT2D eigenvalue weighted by molar-refractivity contribution is 0.0572. The van der Waals surface area contributed by atoms with E-state index in [4.69, 9.17) is 10.5 Å². The van der Waals surface area contributed by atoms with Crippen molar-refractivity contribution < 1.29 is 4.74 Å². The van der Waals surface area contributed by atoms with Crippen LogP contribution in [0.4, 0.5) is 5.82 Å². The van der Waals surface area contributed by atoms with Gasteiger partial charge in [0.2, 0.25) is 0 Å². The van der Waals surface area contributed by atoms with Gasteiger partial charge in [-0.05, 0) is 28.5 Å². The van der Waals surface area contributed by atoms with Crippen molar-refractivity contribution in [1.29, 1.82) is 0 Å². The third-order valence-electron chi connectivity index (χ3n) is 2.72. The molecule has 0 bridgehead atoms. The number of nitrogens with two attached hydrogens (primary N) is 1. The Bertz CT molecular complexity index is 427. The molecule has 0 aliphatic rings. The first-order valence-electron chi connectivity index (χ1n) is 6.04. The van der Waals surface area contributed by atoms with Gasteiger partial charge in [0.1, 0.15) is 11.9 Å². The number of anilines is 1. The van der Waals surface area contributed by atoms with E-state index in [0.717, 1.165) is 9.26 Å². The molecule has 5 heteroatoms. The van der Waals surface area contributed by atoms with Gasteiger partial charge in [-0.3, -0.25) is 0 Å². The summed E-state index contributed by atoms with van der Waals surface area (Å²) in [6.45, 7) is 10.5. The fourth-order valence-corrected chi connectivity index (χ4v) is 2.83. The molecule has 0 spiro atoms. The number of nitrogen functional groups attached to an aromatic ring is 1. The fraction of sp³-hybridized carbons (Fsp3) is 0.692. The van der Waals surface area contributed by atoms with Crippen LogP contribution in [-0.2, 0) is 10.2 Å². The number of hydrogen-bond donors (Lipinski definition) is 1. The molecule has 0 aliphatic heterocycles. The maximum Gasteiger partial charge on any atom is 0.160 e. The van der Waals surface area contributed by atoms with E-state index in [0.29, 0.717) is 17.6 Å². The van der Waals surface area contributed by atoms with Crippen LogP contribution in [0, 0.1) is 9.49 Å². The van der Waals surface area contributed by atoms with Crippen LogP contribution in [0.3, 0.4) is 0 Å². The molecule has 2 N–H and O–H groups in total. The minimum atomic E-state index is -0.120. The van der Waals surface area contributed by atoms with Crippen LogP contribution in [-0.4, -0.2) is 17.1 Å². The van der Waals surface area contributed by atoms with Crippen molar-refractivity contribution in [2.75, 3.05) is 12.8 Å². The summed E-state index contributed by atoms with van der Waals surface area (Å²) in [5, 5.41) is 0. The monoisotopic (exact) mass is 363 g/mol. The van der Waals surface area contributed by atoms with Gasteiger partial charge in [0.05, 0.1) is 9.26 Å². The van der Waals surface area contributed by atoms with Crippen molar-refractivity contribution in [3.05, 3.63) is 15.1 Å². The quantitative estimate of drug-likeness (QED) is 0.838. The normalized spacial score (nSPS) is 14.0. The average molecular weight is 363 g/mol. The zero-order chi connectivity index (χ0) is 14.1. The van der Waals surface area contributed by atoms with Gasteiger partial charge in [0.25, 0.3) is 0 Å². The number of nitrogens with zero attached hydrogens (tertiary/aromatic N) is 2. The summed E-state index contributed by atoms with van der Waals surface area (Å²) in [4.78, 5) is 9.05. The van der Waals surface area contributed by atoms with Crippen molar-refractivity contribution in [3.8, 4) is 0 Å². The van der Waals surface area contributed by atoms with Gasteiger partial charge < -0.3 is 10.5 Å². The van der Waals surface area contributed by atoms with Crippen LogP contribution >= 0.6 is 22.6 Å². The number of ether oxygens (including phenoxy) is 1. The van der Waals surface area contributed by atoms with Crippen LogP contribution in [0.15, 0.2) is 0 Å². The lowest BCUT2D eigenvalue weighted by atomic mass is 9.91. The first-order chi connectivity index (χ1) is 8.18. The van der Waals surface area contributed by atoms with E-state index in [1.807, 2.05) is 0 Å². The molecular weight excluding hydrogens is 341 g/mol. The highest BCUT2D eigenvalue weighted by Crippen LogP contribution is 2.31. The molecule has 0 aliphatic carbocycles. The summed E-state index contributed by atoms with van der Waals surface area (Å²) in [6.07, 6.45) is -0.120. The smallest absolute Gasteiger partial charge is 0.160 e. The summed E-state index contributed by atoms with van der Waals surface area (Å²) in [6, 6.07) is 0. The molecular formula is C13H22IN3O. The number of hydrogen-bond acceptors (Lipinski definition) is 4. The van der Waals surface area contributed by atoms with Crippen LogP contribution in [0.25, 0.3) is 0 Å². The van der Waals surface area contributed by atoms with Gasteiger partial charge in [0.15, 0.2) is 5.82 Å². The Morgan fingerprint density at radius 3 is 2.17 bits per heavy atom. The second kappa shape index (κ2) is 5.69. The molecule has 1 aromatic heterocycles. The molecule has 102 valence electrons. The van der Waals surface area contributed by atoms with E-state index in [9.17, 15) is 0 Å². The molecule has 18 heavy (non-hydrogen) atoms. The standard InChI is InChI=1S/C13H22IN3O/c1-7(2)9(18-6)12-16-10(13(3,4)5)8(14)11(15)17-12/h7,9H,1-6H3,(H2,15,16,17). The van der Waals surface area contributed by atoms with Crippen LogP contribution in [0.1, 0.15) is 52.2 Å². The molecule has 0 fully saturated rings. The predicted octanol–water partition coefficient (Wildman–Crippen LogP) is 3.30. The Morgan fingerprint density at radius 2 is 1.78 bits per heavy atom. The second-order valence-electron chi connectivity index (χ2n) is 5.78. The van der Waals surface area contributed by atoms with Crippen molar-refractivity contribution in [1.82, 2.24) is 9.97 Å². The van der Waals surface area contributed by atoms with Gasteiger partial charge in [-0.2, -0.15) is 0 Å². The van der Waals surface area contributed by atoms with Crippen LogP contribution in [0.5, 0.6) is 0 Å². The summed E-state index contributed by atoms with van der Waals surface area (Å²) < 4.78 is 6.41. The molecule has 0 radical (unpaired) electrons. The van der Waals surface area contributed by atoms with Crippen LogP contribution < -0.4 is 5.73 Å². The Morgan fingerprint density at radius 1 is 1.22 bits per heavy atom. The minimum Gasteiger partial charge on any atom is -0.383 e. The van der Waals surface area contributed by atoms with Gasteiger partial charge in [-0.15, -0.1) is 0 Å². The molecule has 0 saturated heterocycles. The van der Waals surface area contributed by atoms with E-state index >= 15 is 0 Å². The van der Waals surface area contributed by atoms with Crippen molar-refractivity contribution in [3.63, 3.8) is 0 Å². The van der Waals surface area contributed by atoms with E-state index in [1.165, 1.54) is 0 Å². The molecule has 0 saturated carbocycles. The zero-order valence-corrected chi connectivity index (χ0v) is 14.1. The Hall–Kier alpha value is -0.430. The summed E-state index contributed by atoms with van der Waals surface area (Å²) in [5.74, 6) is 1.52. The van der Waals surface area contributed by atoms with Crippen molar-refractivity contribution >= 4 is 28.4 Å². The third kappa shape index (κ3) is 3.32. The van der Waals surface area contributed by atoms with E-state index in [-0.39, 0.29) is 11.5 Å². The SMILES string of the molecule is COC(c1nc(N)c(I)c(C(C)(C)C)n1)C(C)C. The van der Waals surface area contributed by atoms with E-state index in [2.05, 4.69) is 67.2 Å². The minimum absolute atomic E-state index is 0.0579. The van der Waals surface area contributed by atoms with Crippen molar-refractivity contribution in [2.24, 2.45) is 5.92 Å². The maximum atomic E-state index is 6.00. The summed E-state index contributed by atoms with van der Waals surface area (Å²) in [7, 11) is 1.68. The van der Waals surface area contributed by atoms with E-state index < -0.39 is 0 Å². The van der Waals surface area contributed by atoms with Crippen LogP contribution in [0.2, 0.25) is 0 Å². The number of rotatable bonds is 3. The van der Waals surface area contributed by atoms with Crippen molar-refractivity contribution in [2.45, 2.75) is 46.1 Å². The maximum absolute atomic E-state index is 6.00. The molecule has 0 aromatic carbocycles. The Kier molecular flexibility index (Phi) is 4.94. The first kappa shape index (κ1) is 15.6. The lowest BCUT2D eigenvalue weighted by Crippen LogP contribution is -2.22. The molecule has 0 amide bonds. The van der Waals surface area contributed by atoms with Gasteiger partial charge in [-0.25, -0.2) is 9.97 Å². The average Bonchev–Trinajstić information content (AvgIpc) is 2.21. The highest BCUT2D eigenvalue weighted by molar-refractivity contribution is 14.1. The van der Waals surface area contributed by atoms with Gasteiger partial charge in [-0.1, -0.05) is 34.6 Å². The summed E-state index contributed by atoms with van der Waals surface area (Å²) in [5.41, 5.74) is 6.92. The highest BCUT2D eigenvalue weighted by Gasteiger charge is 2.26. The molecule has 1 rings (SSSR count). The third-order valence-corrected chi connectivity index (χ3v) is 3.78. The molecule has 1 aromatic rings. The largest absolute Gasteiger partial charge is 0.383 e. The lowest BCUT2D eigenvalue weighted by Gasteiger charge is -2.24.